The van der Waals surface area contributed by atoms with E-state index in [2.05, 4.69) is 4.90 Å². The standard InChI is InChI=1S/C10H15N3/c11-8-4-3-5-9(12)10(8)13-6-1-2-7-13/h3-5H,1-2,6-7,11-12H2. The molecule has 1 aromatic rings. The fourth-order valence-electron chi connectivity index (χ4n) is 1.89. The van der Waals surface area contributed by atoms with Gasteiger partial charge in [-0.05, 0) is 25.0 Å². The third kappa shape index (κ3) is 1.41. The molecule has 0 spiro atoms. The largest absolute Gasteiger partial charge is 0.397 e. The van der Waals surface area contributed by atoms with Gasteiger partial charge < -0.3 is 16.4 Å². The molecule has 0 saturated carbocycles. The Morgan fingerprint density at radius 2 is 1.54 bits per heavy atom. The number of nitrogens with zero attached hydrogens (tertiary/aromatic N) is 1. The van der Waals surface area contributed by atoms with Gasteiger partial charge in [-0.1, -0.05) is 6.07 Å². The van der Waals surface area contributed by atoms with Gasteiger partial charge in [-0.2, -0.15) is 0 Å². The third-order valence-corrected chi connectivity index (χ3v) is 2.52. The fraction of sp³-hybridized carbons (Fsp3) is 0.400. The number of nitrogen functional groups attached to an aromatic ring is 2. The van der Waals surface area contributed by atoms with Crippen molar-refractivity contribution < 1.29 is 0 Å². The molecule has 0 aliphatic carbocycles. The summed E-state index contributed by atoms with van der Waals surface area (Å²) in [7, 11) is 0. The van der Waals surface area contributed by atoms with Crippen molar-refractivity contribution in [3.63, 3.8) is 0 Å². The molecule has 1 aromatic carbocycles. The first-order chi connectivity index (χ1) is 6.29. The van der Waals surface area contributed by atoms with Gasteiger partial charge in [0.15, 0.2) is 0 Å². The number of anilines is 3. The summed E-state index contributed by atoms with van der Waals surface area (Å²) in [5.74, 6) is 0. The van der Waals surface area contributed by atoms with E-state index in [0.717, 1.165) is 30.2 Å². The number of para-hydroxylation sites is 1. The lowest BCUT2D eigenvalue weighted by molar-refractivity contribution is 0.949. The number of hydrogen-bond acceptors (Lipinski definition) is 3. The second kappa shape index (κ2) is 3.17. The van der Waals surface area contributed by atoms with Gasteiger partial charge in [0.25, 0.3) is 0 Å². The van der Waals surface area contributed by atoms with E-state index in [9.17, 15) is 0 Å². The molecule has 1 aliphatic rings. The van der Waals surface area contributed by atoms with Crippen LogP contribution in [0.2, 0.25) is 0 Å². The number of hydrogen-bond donors (Lipinski definition) is 2. The molecule has 1 aliphatic heterocycles. The predicted molar refractivity (Wildman–Crippen MR) is 56.7 cm³/mol. The average molecular weight is 177 g/mol. The highest BCUT2D eigenvalue weighted by atomic mass is 15.2. The first-order valence-electron chi connectivity index (χ1n) is 4.68. The normalized spacial score (nSPS) is 16.5. The van der Waals surface area contributed by atoms with Crippen molar-refractivity contribution in [1.29, 1.82) is 0 Å². The molecule has 0 aromatic heterocycles. The zero-order chi connectivity index (χ0) is 9.26. The van der Waals surface area contributed by atoms with E-state index < -0.39 is 0 Å². The maximum Gasteiger partial charge on any atom is 0.0833 e. The van der Waals surface area contributed by atoms with Crippen LogP contribution >= 0.6 is 0 Å². The maximum atomic E-state index is 5.88. The highest BCUT2D eigenvalue weighted by molar-refractivity contribution is 5.80. The minimum atomic E-state index is 0.793. The molecule has 2 rings (SSSR count). The number of rotatable bonds is 1. The van der Waals surface area contributed by atoms with Crippen LogP contribution in [0.25, 0.3) is 0 Å². The van der Waals surface area contributed by atoms with E-state index >= 15 is 0 Å². The van der Waals surface area contributed by atoms with Crippen LogP contribution in [-0.2, 0) is 0 Å². The summed E-state index contributed by atoms with van der Waals surface area (Å²) in [6.07, 6.45) is 2.49. The Morgan fingerprint density at radius 3 is 2.08 bits per heavy atom. The van der Waals surface area contributed by atoms with Crippen LogP contribution in [-0.4, -0.2) is 13.1 Å². The van der Waals surface area contributed by atoms with Crippen LogP contribution < -0.4 is 16.4 Å². The van der Waals surface area contributed by atoms with Gasteiger partial charge in [0, 0.05) is 13.1 Å². The van der Waals surface area contributed by atoms with Gasteiger partial charge in [-0.25, -0.2) is 0 Å². The predicted octanol–water partition coefficient (Wildman–Crippen LogP) is 1.45. The molecule has 0 unspecified atom stereocenters. The second-order valence-corrected chi connectivity index (χ2v) is 3.48. The topological polar surface area (TPSA) is 55.3 Å². The molecule has 4 N–H and O–H groups in total. The Hall–Kier alpha value is -1.38. The molecule has 0 radical (unpaired) electrons. The Morgan fingerprint density at radius 1 is 1.00 bits per heavy atom. The van der Waals surface area contributed by atoms with Crippen molar-refractivity contribution in [2.45, 2.75) is 12.8 Å². The van der Waals surface area contributed by atoms with E-state index in [0.29, 0.717) is 0 Å². The molecule has 0 amide bonds. The maximum absolute atomic E-state index is 5.88. The lowest BCUT2D eigenvalue weighted by Crippen LogP contribution is -2.20. The summed E-state index contributed by atoms with van der Waals surface area (Å²) in [6, 6.07) is 5.71. The Balaban J connectivity index is 2.37. The quantitative estimate of drug-likeness (QED) is 0.638. The van der Waals surface area contributed by atoms with Crippen LogP contribution in [0.5, 0.6) is 0 Å². The van der Waals surface area contributed by atoms with Crippen molar-refractivity contribution in [2.24, 2.45) is 0 Å². The summed E-state index contributed by atoms with van der Waals surface area (Å²) < 4.78 is 0. The van der Waals surface area contributed by atoms with Crippen molar-refractivity contribution >= 4 is 17.1 Å². The second-order valence-electron chi connectivity index (χ2n) is 3.48. The van der Waals surface area contributed by atoms with Gasteiger partial charge >= 0.3 is 0 Å². The van der Waals surface area contributed by atoms with Gasteiger partial charge in [0.05, 0.1) is 17.1 Å². The lowest BCUT2D eigenvalue weighted by atomic mass is 10.2. The molecule has 13 heavy (non-hydrogen) atoms. The van der Waals surface area contributed by atoms with Crippen LogP contribution in [0, 0.1) is 0 Å². The van der Waals surface area contributed by atoms with Gasteiger partial charge in [0.1, 0.15) is 0 Å². The van der Waals surface area contributed by atoms with Crippen molar-refractivity contribution in [1.82, 2.24) is 0 Å². The number of benzene rings is 1. The highest BCUT2D eigenvalue weighted by Gasteiger charge is 2.16. The molecule has 3 heteroatoms. The summed E-state index contributed by atoms with van der Waals surface area (Å²) in [6.45, 7) is 2.16. The molecule has 1 fully saturated rings. The van der Waals surface area contributed by atoms with Gasteiger partial charge in [0.2, 0.25) is 0 Å². The van der Waals surface area contributed by atoms with E-state index in [1.54, 1.807) is 0 Å². The monoisotopic (exact) mass is 177 g/mol. The van der Waals surface area contributed by atoms with Gasteiger partial charge in [-0.3, -0.25) is 0 Å². The minimum absolute atomic E-state index is 0.793. The minimum Gasteiger partial charge on any atom is -0.397 e. The van der Waals surface area contributed by atoms with Crippen LogP contribution in [0.1, 0.15) is 12.8 Å². The first kappa shape index (κ1) is 8.23. The first-order valence-corrected chi connectivity index (χ1v) is 4.68. The van der Waals surface area contributed by atoms with Crippen LogP contribution in [0.15, 0.2) is 18.2 Å². The van der Waals surface area contributed by atoms with Crippen molar-refractivity contribution in [2.75, 3.05) is 29.5 Å². The third-order valence-electron chi connectivity index (χ3n) is 2.52. The van der Waals surface area contributed by atoms with E-state index in [4.69, 9.17) is 11.5 Å². The summed E-state index contributed by atoms with van der Waals surface area (Å²) >= 11 is 0. The Bertz CT molecular complexity index is 283. The molecule has 0 atom stereocenters. The van der Waals surface area contributed by atoms with Crippen LogP contribution in [0.3, 0.4) is 0 Å². The Labute approximate surface area is 78.3 Å². The number of nitrogens with two attached hydrogens (primary N) is 2. The molecule has 3 nitrogen and oxygen atoms in total. The molecule has 70 valence electrons. The molecular weight excluding hydrogens is 162 g/mol. The zero-order valence-corrected chi connectivity index (χ0v) is 7.66. The summed E-state index contributed by atoms with van der Waals surface area (Å²) in [5, 5.41) is 0. The summed E-state index contributed by atoms with van der Waals surface area (Å²) in [4.78, 5) is 2.27. The van der Waals surface area contributed by atoms with Crippen molar-refractivity contribution in [3.8, 4) is 0 Å². The van der Waals surface area contributed by atoms with Crippen molar-refractivity contribution in [3.05, 3.63) is 18.2 Å². The van der Waals surface area contributed by atoms with Gasteiger partial charge in [-0.15, -0.1) is 0 Å². The molecule has 1 saturated heterocycles. The SMILES string of the molecule is Nc1cccc(N)c1N1CCCC1. The molecule has 1 heterocycles. The van der Waals surface area contributed by atoms with E-state index in [1.165, 1.54) is 12.8 Å². The smallest absolute Gasteiger partial charge is 0.0833 e. The molecular formula is C10H15N3. The lowest BCUT2D eigenvalue weighted by Gasteiger charge is -2.21. The average Bonchev–Trinajstić information content (AvgIpc) is 2.57. The Kier molecular flexibility index (Phi) is 2.00. The van der Waals surface area contributed by atoms with E-state index in [1.807, 2.05) is 18.2 Å². The molecule has 0 bridgehead atoms. The van der Waals surface area contributed by atoms with Crippen LogP contribution in [0.4, 0.5) is 17.1 Å². The fourth-order valence-corrected chi connectivity index (χ4v) is 1.89. The zero-order valence-electron chi connectivity index (χ0n) is 7.66. The summed E-state index contributed by atoms with van der Waals surface area (Å²) in [5.41, 5.74) is 14.4. The highest BCUT2D eigenvalue weighted by Crippen LogP contribution is 2.32. The van der Waals surface area contributed by atoms with E-state index in [-0.39, 0.29) is 0 Å².